The molecule has 0 aliphatic rings. The van der Waals surface area contributed by atoms with E-state index in [0.29, 0.717) is 0 Å². The molecule has 0 bridgehead atoms. The molecule has 0 unspecified atom stereocenters. The molecule has 0 atom stereocenters. The third-order valence-corrected chi connectivity index (χ3v) is 13.2. The molecular formula is C53H110N+. The molecule has 0 aromatic rings. The van der Waals surface area contributed by atoms with Crippen LogP contribution in [0.25, 0.3) is 0 Å². The van der Waals surface area contributed by atoms with E-state index in [1.807, 2.05) is 0 Å². The largest absolute Gasteiger partial charge is 0.324 e. The van der Waals surface area contributed by atoms with Crippen molar-refractivity contribution in [2.75, 3.05) is 26.2 Å². The van der Waals surface area contributed by atoms with Crippen molar-refractivity contribution >= 4 is 0 Å². The van der Waals surface area contributed by atoms with Gasteiger partial charge in [0.05, 0.1) is 26.2 Å². The van der Waals surface area contributed by atoms with Gasteiger partial charge in [-0.1, -0.05) is 265 Å². The molecular weight excluding hydrogens is 651 g/mol. The Labute approximate surface area is 346 Å². The van der Waals surface area contributed by atoms with Gasteiger partial charge in [-0.15, -0.1) is 0 Å². The molecule has 0 aliphatic carbocycles. The lowest BCUT2D eigenvalue weighted by Crippen LogP contribution is -2.50. The predicted octanol–water partition coefficient (Wildman–Crippen LogP) is 19.4. The summed E-state index contributed by atoms with van der Waals surface area (Å²) < 4.78 is 1.49. The average molecular weight is 761 g/mol. The van der Waals surface area contributed by atoms with E-state index in [1.54, 1.807) is 0 Å². The van der Waals surface area contributed by atoms with Gasteiger partial charge in [0.2, 0.25) is 0 Å². The first kappa shape index (κ1) is 54.0. The van der Waals surface area contributed by atoms with Crippen LogP contribution in [0.3, 0.4) is 0 Å². The van der Waals surface area contributed by atoms with E-state index >= 15 is 0 Å². The topological polar surface area (TPSA) is 0 Å². The summed E-state index contributed by atoms with van der Waals surface area (Å²) >= 11 is 0. The molecule has 0 N–H and O–H groups in total. The molecule has 0 saturated carbocycles. The SMILES string of the molecule is CCCCCCCCCCCCCC[N+](CCCCCCCCCCC)(CCCCCCCCCCCCCC)CCCCCCCCCCCCCC. The zero-order valence-electron chi connectivity index (χ0n) is 39.1. The predicted molar refractivity (Wildman–Crippen MR) is 250 cm³/mol. The Morgan fingerprint density at radius 2 is 0.259 bits per heavy atom. The van der Waals surface area contributed by atoms with Gasteiger partial charge >= 0.3 is 0 Å². The van der Waals surface area contributed by atoms with E-state index in [9.17, 15) is 0 Å². The molecule has 0 saturated heterocycles. The molecule has 1 heteroatoms. The Morgan fingerprint density at radius 3 is 0.389 bits per heavy atom. The Balaban J connectivity index is 4.87. The van der Waals surface area contributed by atoms with Crippen LogP contribution < -0.4 is 0 Å². The Kier molecular flexibility index (Phi) is 47.3. The van der Waals surface area contributed by atoms with E-state index < -0.39 is 0 Å². The Hall–Kier alpha value is -0.0400. The van der Waals surface area contributed by atoms with Gasteiger partial charge in [-0.25, -0.2) is 0 Å². The van der Waals surface area contributed by atoms with Crippen LogP contribution in [-0.4, -0.2) is 30.7 Å². The van der Waals surface area contributed by atoms with Gasteiger partial charge in [-0.3, -0.25) is 0 Å². The van der Waals surface area contributed by atoms with Crippen molar-refractivity contribution in [2.45, 2.75) is 317 Å². The minimum absolute atomic E-state index is 1.37. The van der Waals surface area contributed by atoms with E-state index in [1.165, 1.54) is 320 Å². The van der Waals surface area contributed by atoms with Gasteiger partial charge in [0.25, 0.3) is 0 Å². The van der Waals surface area contributed by atoms with E-state index in [0.717, 1.165) is 0 Å². The average Bonchev–Trinajstić information content (AvgIpc) is 3.18. The zero-order valence-corrected chi connectivity index (χ0v) is 39.1. The second kappa shape index (κ2) is 47.3. The fourth-order valence-electron chi connectivity index (χ4n) is 9.29. The van der Waals surface area contributed by atoms with Crippen LogP contribution in [0, 0.1) is 0 Å². The molecule has 0 heterocycles. The summed E-state index contributed by atoms with van der Waals surface area (Å²) in [5, 5.41) is 0. The minimum Gasteiger partial charge on any atom is -0.324 e. The maximum Gasteiger partial charge on any atom is 0.0786 e. The number of unbranched alkanes of at least 4 members (excludes halogenated alkanes) is 41. The Bertz CT molecular complexity index is 572. The highest BCUT2D eigenvalue weighted by Crippen LogP contribution is 2.22. The fraction of sp³-hybridized carbons (Fsp3) is 1.00. The summed E-state index contributed by atoms with van der Waals surface area (Å²) in [6.07, 6.45) is 66.2. The monoisotopic (exact) mass is 761 g/mol. The lowest BCUT2D eigenvalue weighted by atomic mass is 10.0. The normalized spacial score (nSPS) is 12.0. The summed E-state index contributed by atoms with van der Waals surface area (Å²) in [6.45, 7) is 15.3. The van der Waals surface area contributed by atoms with Crippen molar-refractivity contribution < 1.29 is 4.48 Å². The summed E-state index contributed by atoms with van der Waals surface area (Å²) in [5.41, 5.74) is 0. The smallest absolute Gasteiger partial charge is 0.0786 e. The van der Waals surface area contributed by atoms with Crippen LogP contribution in [0.2, 0.25) is 0 Å². The second-order valence-electron chi connectivity index (χ2n) is 18.7. The van der Waals surface area contributed by atoms with E-state index in [2.05, 4.69) is 27.7 Å². The lowest BCUT2D eigenvalue weighted by molar-refractivity contribution is -0.929. The highest BCUT2D eigenvalue weighted by atomic mass is 15.3. The minimum atomic E-state index is 1.37. The standard InChI is InChI=1S/C53H110N/c1-5-9-13-17-21-25-28-31-35-39-43-47-51-54(50-46-42-38-34-24-20-16-12-8-4,52-48-44-40-36-32-29-26-22-18-14-10-6-2)53-49-45-41-37-33-30-27-23-19-15-11-7-3/h5-53H2,1-4H3/q+1. The first-order valence-corrected chi connectivity index (χ1v) is 26.6. The zero-order chi connectivity index (χ0) is 39.1. The number of hydrogen-bond acceptors (Lipinski definition) is 0. The summed E-state index contributed by atoms with van der Waals surface area (Å²) in [6, 6.07) is 0. The van der Waals surface area contributed by atoms with Gasteiger partial charge in [-0.2, -0.15) is 0 Å². The highest BCUT2D eigenvalue weighted by Gasteiger charge is 2.25. The van der Waals surface area contributed by atoms with Gasteiger partial charge in [0.15, 0.2) is 0 Å². The van der Waals surface area contributed by atoms with Crippen molar-refractivity contribution in [1.29, 1.82) is 0 Å². The Morgan fingerprint density at radius 1 is 0.148 bits per heavy atom. The van der Waals surface area contributed by atoms with Gasteiger partial charge in [0, 0.05) is 0 Å². The van der Waals surface area contributed by atoms with Crippen molar-refractivity contribution in [2.24, 2.45) is 0 Å². The second-order valence-corrected chi connectivity index (χ2v) is 18.7. The fourth-order valence-corrected chi connectivity index (χ4v) is 9.29. The van der Waals surface area contributed by atoms with Gasteiger partial charge in [0.1, 0.15) is 0 Å². The molecule has 54 heavy (non-hydrogen) atoms. The molecule has 326 valence electrons. The molecule has 1 nitrogen and oxygen atoms in total. The summed E-state index contributed by atoms with van der Waals surface area (Å²) in [7, 11) is 0. The van der Waals surface area contributed by atoms with Crippen molar-refractivity contribution in [3.05, 3.63) is 0 Å². The van der Waals surface area contributed by atoms with Crippen LogP contribution in [0.4, 0.5) is 0 Å². The van der Waals surface area contributed by atoms with Gasteiger partial charge < -0.3 is 4.48 Å². The summed E-state index contributed by atoms with van der Waals surface area (Å²) in [5.74, 6) is 0. The lowest BCUT2D eigenvalue weighted by Gasteiger charge is -2.40. The third-order valence-electron chi connectivity index (χ3n) is 13.2. The molecule has 0 aromatic heterocycles. The van der Waals surface area contributed by atoms with Crippen LogP contribution in [0.5, 0.6) is 0 Å². The molecule has 0 spiro atoms. The van der Waals surface area contributed by atoms with E-state index in [-0.39, 0.29) is 0 Å². The molecule has 0 aromatic carbocycles. The van der Waals surface area contributed by atoms with Crippen LogP contribution in [0.1, 0.15) is 317 Å². The molecule has 0 radical (unpaired) electrons. The third kappa shape index (κ3) is 41.6. The maximum atomic E-state index is 2.34. The maximum absolute atomic E-state index is 2.34. The first-order chi connectivity index (χ1) is 26.7. The number of nitrogens with zero attached hydrogens (tertiary/aromatic N) is 1. The first-order valence-electron chi connectivity index (χ1n) is 26.6. The van der Waals surface area contributed by atoms with E-state index in [4.69, 9.17) is 0 Å². The highest BCUT2D eigenvalue weighted by molar-refractivity contribution is 4.57. The molecule has 0 rings (SSSR count). The van der Waals surface area contributed by atoms with Crippen molar-refractivity contribution in [3.8, 4) is 0 Å². The molecule has 0 fully saturated rings. The number of hydrogen-bond donors (Lipinski definition) is 0. The van der Waals surface area contributed by atoms with Gasteiger partial charge in [-0.05, 0) is 51.4 Å². The van der Waals surface area contributed by atoms with Crippen molar-refractivity contribution in [3.63, 3.8) is 0 Å². The summed E-state index contributed by atoms with van der Waals surface area (Å²) in [4.78, 5) is 0. The number of rotatable bonds is 49. The molecule has 0 aliphatic heterocycles. The van der Waals surface area contributed by atoms with Crippen LogP contribution >= 0.6 is 0 Å². The van der Waals surface area contributed by atoms with Crippen molar-refractivity contribution in [1.82, 2.24) is 0 Å². The molecule has 0 amide bonds. The van der Waals surface area contributed by atoms with Crippen LogP contribution in [0.15, 0.2) is 0 Å². The number of quaternary nitrogens is 1. The quantitative estimate of drug-likeness (QED) is 0.0428. The van der Waals surface area contributed by atoms with Crippen LogP contribution in [-0.2, 0) is 0 Å².